The Balaban J connectivity index is -0.000000107. The first-order chi connectivity index (χ1) is 4.35. The Kier molecular flexibility index (Phi) is 33.1. The topological polar surface area (TPSA) is 26.5 Å². The van der Waals surface area contributed by atoms with E-state index in [1.165, 1.54) is 0 Å². The Labute approximate surface area is 97.0 Å². The average Bonchev–Trinajstić information content (AvgIpc) is 1.88. The molecule has 0 heterocycles. The average molecular weight is 202 g/mol. The molecule has 0 aliphatic rings. The SMILES string of the molecule is CCN=C(CC)[N-]CC.[CH3-].[CH3-].[Sc]. The van der Waals surface area contributed by atoms with Gasteiger partial charge in [-0.25, -0.2) is 0 Å². The molecule has 0 unspecified atom stereocenters. The minimum absolute atomic E-state index is 0. The molecule has 0 spiro atoms. The van der Waals surface area contributed by atoms with Gasteiger partial charge in [0.2, 0.25) is 0 Å². The van der Waals surface area contributed by atoms with Crippen LogP contribution in [-0.2, 0) is 25.8 Å². The van der Waals surface area contributed by atoms with Crippen molar-refractivity contribution < 1.29 is 25.8 Å². The molecule has 1 radical (unpaired) electrons. The van der Waals surface area contributed by atoms with E-state index in [0.717, 1.165) is 25.3 Å². The smallest absolute Gasteiger partial charge is 0 e. The molecule has 0 N–H and O–H groups in total. The maximum atomic E-state index is 4.18. The third-order valence-corrected chi connectivity index (χ3v) is 0.997. The number of hydrogen-bond acceptors (Lipinski definition) is 1. The van der Waals surface area contributed by atoms with E-state index in [9.17, 15) is 0 Å². The van der Waals surface area contributed by atoms with Gasteiger partial charge < -0.3 is 25.2 Å². The standard InChI is InChI=1S/C7H15N2.2CH3.Sc/c1-4-7(8-5-2)9-6-3;;;/h4-6H2,1-3H3;2*1H3;/q3*-1;. The summed E-state index contributed by atoms with van der Waals surface area (Å²) in [5.74, 6) is 1.00. The molecule has 0 aromatic carbocycles. The van der Waals surface area contributed by atoms with Crippen molar-refractivity contribution in [3.05, 3.63) is 20.2 Å². The normalized spacial score (nSPS) is 8.75. The molecule has 0 aliphatic carbocycles. The molecule has 0 atom stereocenters. The summed E-state index contributed by atoms with van der Waals surface area (Å²) in [4.78, 5) is 4.18. The molecule has 0 aromatic heterocycles. The van der Waals surface area contributed by atoms with Gasteiger partial charge in [-0.15, -0.1) is 0 Å². The van der Waals surface area contributed by atoms with E-state index < -0.39 is 0 Å². The second kappa shape index (κ2) is 17.4. The number of aliphatic imine (C=N–C) groups is 1. The summed E-state index contributed by atoms with van der Waals surface area (Å²) in [5.41, 5.74) is 0. The molecule has 0 fully saturated rings. The molecular weight excluding hydrogens is 181 g/mol. The van der Waals surface area contributed by atoms with Crippen molar-refractivity contribution in [3.8, 4) is 0 Å². The monoisotopic (exact) mass is 202 g/mol. The van der Waals surface area contributed by atoms with Crippen LogP contribution in [0.4, 0.5) is 0 Å². The minimum atomic E-state index is 0. The van der Waals surface area contributed by atoms with Gasteiger partial charge in [-0.3, -0.25) is 0 Å². The Morgan fingerprint density at radius 1 is 1.17 bits per heavy atom. The van der Waals surface area contributed by atoms with Crippen LogP contribution in [0.2, 0.25) is 0 Å². The van der Waals surface area contributed by atoms with E-state index in [4.69, 9.17) is 0 Å². The van der Waals surface area contributed by atoms with Crippen LogP contribution in [-0.4, -0.2) is 18.9 Å². The van der Waals surface area contributed by atoms with E-state index in [2.05, 4.69) is 17.2 Å². The van der Waals surface area contributed by atoms with Crippen LogP contribution in [0.5, 0.6) is 0 Å². The molecule has 0 saturated carbocycles. The summed E-state index contributed by atoms with van der Waals surface area (Å²) in [6.45, 7) is 7.84. The quantitative estimate of drug-likeness (QED) is 0.382. The number of amidine groups is 1. The maximum absolute atomic E-state index is 4.18. The van der Waals surface area contributed by atoms with E-state index in [0.29, 0.717) is 0 Å². The van der Waals surface area contributed by atoms with Gasteiger partial charge in [-0.2, -0.15) is 0 Å². The van der Waals surface area contributed by atoms with Gasteiger partial charge in [0.25, 0.3) is 0 Å². The molecular formula is C9H21N2Sc-3. The second-order valence-corrected chi connectivity index (χ2v) is 1.72. The molecule has 73 valence electrons. The number of hydrogen-bond donors (Lipinski definition) is 0. The molecule has 3 heteroatoms. The van der Waals surface area contributed by atoms with E-state index >= 15 is 0 Å². The molecule has 0 aromatic rings. The maximum Gasteiger partial charge on any atom is 0 e. The van der Waals surface area contributed by atoms with Crippen molar-refractivity contribution in [1.29, 1.82) is 0 Å². The molecule has 0 amide bonds. The molecule has 0 aliphatic heterocycles. The molecule has 12 heavy (non-hydrogen) atoms. The first kappa shape index (κ1) is 22.8. The summed E-state index contributed by atoms with van der Waals surface area (Å²) in [7, 11) is 0. The van der Waals surface area contributed by atoms with Gasteiger partial charge in [0.05, 0.1) is 0 Å². The molecule has 0 saturated heterocycles. The number of nitrogens with zero attached hydrogens (tertiary/aromatic N) is 2. The van der Waals surface area contributed by atoms with Gasteiger partial charge in [0.15, 0.2) is 0 Å². The van der Waals surface area contributed by atoms with E-state index in [1.54, 1.807) is 0 Å². The predicted molar refractivity (Wildman–Crippen MR) is 55.0 cm³/mol. The van der Waals surface area contributed by atoms with Crippen LogP contribution < -0.4 is 0 Å². The third-order valence-electron chi connectivity index (χ3n) is 0.997. The van der Waals surface area contributed by atoms with Crippen molar-refractivity contribution in [2.24, 2.45) is 4.99 Å². The summed E-state index contributed by atoms with van der Waals surface area (Å²) in [5, 5.41) is 4.18. The van der Waals surface area contributed by atoms with Crippen LogP contribution in [0.25, 0.3) is 5.32 Å². The van der Waals surface area contributed by atoms with Gasteiger partial charge in [-0.05, 0) is 6.42 Å². The Hall–Kier alpha value is 0.340. The largest absolute Gasteiger partial charge is 0.470 e. The second-order valence-electron chi connectivity index (χ2n) is 1.72. The van der Waals surface area contributed by atoms with Crippen molar-refractivity contribution >= 4 is 5.84 Å². The summed E-state index contributed by atoms with van der Waals surface area (Å²) >= 11 is 0. The van der Waals surface area contributed by atoms with Crippen molar-refractivity contribution in [3.63, 3.8) is 0 Å². The Morgan fingerprint density at radius 2 is 1.67 bits per heavy atom. The van der Waals surface area contributed by atoms with Crippen LogP contribution in [0.15, 0.2) is 4.99 Å². The van der Waals surface area contributed by atoms with E-state index in [1.807, 2.05) is 13.8 Å². The zero-order chi connectivity index (χ0) is 7.11. The summed E-state index contributed by atoms with van der Waals surface area (Å²) in [6, 6.07) is 0. The zero-order valence-corrected chi connectivity index (χ0v) is 10.9. The van der Waals surface area contributed by atoms with Crippen LogP contribution in [0.3, 0.4) is 0 Å². The van der Waals surface area contributed by atoms with Gasteiger partial charge >= 0.3 is 0 Å². The van der Waals surface area contributed by atoms with Crippen molar-refractivity contribution in [2.45, 2.75) is 27.2 Å². The third kappa shape index (κ3) is 13.0. The predicted octanol–water partition coefficient (Wildman–Crippen LogP) is 3.11. The van der Waals surface area contributed by atoms with Gasteiger partial charge in [-0.1, -0.05) is 39.7 Å². The van der Waals surface area contributed by atoms with Crippen molar-refractivity contribution in [2.75, 3.05) is 13.1 Å². The minimum Gasteiger partial charge on any atom is -0.470 e. The van der Waals surface area contributed by atoms with Gasteiger partial charge in [0.1, 0.15) is 0 Å². The first-order valence-corrected chi connectivity index (χ1v) is 3.55. The van der Waals surface area contributed by atoms with E-state index in [-0.39, 0.29) is 40.7 Å². The molecule has 2 nitrogen and oxygen atoms in total. The summed E-state index contributed by atoms with van der Waals surface area (Å²) < 4.78 is 0. The Bertz CT molecular complexity index is 92.5. The van der Waals surface area contributed by atoms with Crippen LogP contribution in [0.1, 0.15) is 27.2 Å². The van der Waals surface area contributed by atoms with Gasteiger partial charge in [0, 0.05) is 25.8 Å². The van der Waals surface area contributed by atoms with Crippen molar-refractivity contribution in [1.82, 2.24) is 0 Å². The summed E-state index contributed by atoms with van der Waals surface area (Å²) in [6.07, 6.45) is 0.960. The van der Waals surface area contributed by atoms with Crippen LogP contribution in [0, 0.1) is 14.9 Å². The fourth-order valence-electron chi connectivity index (χ4n) is 0.639. The molecule has 0 rings (SSSR count). The fraction of sp³-hybridized carbons (Fsp3) is 0.667. The van der Waals surface area contributed by atoms with Crippen LogP contribution >= 0.6 is 0 Å². The fourth-order valence-corrected chi connectivity index (χ4v) is 0.639. The first-order valence-electron chi connectivity index (χ1n) is 3.55. The molecule has 0 bridgehead atoms. The zero-order valence-electron chi connectivity index (χ0n) is 9.09. The Morgan fingerprint density at radius 3 is 1.92 bits per heavy atom. The number of rotatable bonds is 3.